The highest BCUT2D eigenvalue weighted by Gasteiger charge is 2.51. The Bertz CT molecular complexity index is 1280. The molecule has 2 aromatic rings. The van der Waals surface area contributed by atoms with Crippen LogP contribution in [0.1, 0.15) is 88.2 Å². The van der Waals surface area contributed by atoms with Gasteiger partial charge in [-0.3, -0.25) is 9.59 Å². The molecule has 5 nitrogen and oxygen atoms in total. The van der Waals surface area contributed by atoms with Gasteiger partial charge in [0, 0.05) is 36.0 Å². The minimum absolute atomic E-state index is 0. The average Bonchev–Trinajstić information content (AvgIpc) is 3.33. The summed E-state index contributed by atoms with van der Waals surface area (Å²) in [6.45, 7) is 3.91. The number of nitrogens with one attached hydrogen (secondary N) is 1. The van der Waals surface area contributed by atoms with E-state index in [2.05, 4.69) is 46.6 Å². The Labute approximate surface area is 263 Å². The van der Waals surface area contributed by atoms with E-state index < -0.39 is 0 Å². The number of benzene rings is 2. The number of hydrogen-bond acceptors (Lipinski definition) is 3. The van der Waals surface area contributed by atoms with E-state index in [1.807, 2.05) is 35.2 Å². The highest BCUT2D eigenvalue weighted by atomic mass is 35.5. The fourth-order valence-corrected chi connectivity index (χ4v) is 9.66. The van der Waals surface area contributed by atoms with Gasteiger partial charge in [-0.2, -0.15) is 0 Å². The molecule has 2 amide bonds. The van der Waals surface area contributed by atoms with Crippen molar-refractivity contribution >= 4 is 36.0 Å². The normalized spacial score (nSPS) is 28.0. The zero-order valence-corrected chi connectivity index (χ0v) is 26.3. The number of nitrogens with zero attached hydrogens (tertiary/aromatic N) is 2. The third-order valence-corrected chi connectivity index (χ3v) is 11.3. The molecule has 5 aliphatic carbocycles. The van der Waals surface area contributed by atoms with E-state index >= 15 is 0 Å². The number of likely N-dealkylation sites (tertiary alicyclic amines) is 1. The number of carbonyl (C=O) groups excluding carboxylic acids is 2. The first kappa shape index (κ1) is 30.4. The number of piperidine rings is 1. The van der Waals surface area contributed by atoms with Crippen molar-refractivity contribution in [3.63, 3.8) is 0 Å². The molecule has 4 saturated carbocycles. The Morgan fingerprint density at radius 2 is 1.49 bits per heavy atom. The Hall–Kier alpha value is -2.63. The standard InChI is InChI=1S/C37H47N3O2.ClH/c41-34(38-37-25-28-22-29(26-37)24-30(23-28)27-37)12-6-13-35(42)40(32-9-2-1-3-10-32)19-7-18-39-20-16-36(17-21-39)15-14-31-8-4-5-11-33(31)36;/h1-5,8-11,14-15,28-30H,6-7,12-13,16-27H2,(H,38,41);1H. The molecule has 0 unspecified atom stereocenters. The lowest BCUT2D eigenvalue weighted by molar-refractivity contribution is -0.127. The van der Waals surface area contributed by atoms with Crippen LogP contribution in [0.4, 0.5) is 5.69 Å². The smallest absolute Gasteiger partial charge is 0.226 e. The summed E-state index contributed by atoms with van der Waals surface area (Å²) >= 11 is 0. The molecular formula is C37H48ClN3O2. The van der Waals surface area contributed by atoms with Crippen LogP contribution in [0, 0.1) is 17.8 Å². The van der Waals surface area contributed by atoms with Crippen molar-refractivity contribution in [1.29, 1.82) is 0 Å². The fourth-order valence-electron chi connectivity index (χ4n) is 9.66. The van der Waals surface area contributed by atoms with Crippen molar-refractivity contribution in [3.8, 4) is 0 Å². The Morgan fingerprint density at radius 3 is 2.19 bits per heavy atom. The zero-order chi connectivity index (χ0) is 28.6. The van der Waals surface area contributed by atoms with E-state index in [9.17, 15) is 9.59 Å². The second-order valence-electron chi connectivity index (χ2n) is 14.3. The van der Waals surface area contributed by atoms with Crippen LogP contribution in [0.5, 0.6) is 0 Å². The average molecular weight is 602 g/mol. The topological polar surface area (TPSA) is 52.7 Å². The molecule has 1 aliphatic heterocycles. The second kappa shape index (κ2) is 12.8. The van der Waals surface area contributed by atoms with Gasteiger partial charge in [0.2, 0.25) is 11.8 Å². The van der Waals surface area contributed by atoms with Crippen LogP contribution >= 0.6 is 12.4 Å². The van der Waals surface area contributed by atoms with Crippen molar-refractivity contribution < 1.29 is 9.59 Å². The molecule has 6 heteroatoms. The van der Waals surface area contributed by atoms with E-state index in [1.165, 1.54) is 49.7 Å². The molecule has 1 spiro atoms. The van der Waals surface area contributed by atoms with E-state index in [-0.39, 0.29) is 35.2 Å². The summed E-state index contributed by atoms with van der Waals surface area (Å²) in [7, 11) is 0. The zero-order valence-electron chi connectivity index (χ0n) is 25.5. The number of para-hydroxylation sites is 1. The van der Waals surface area contributed by atoms with Gasteiger partial charge in [-0.05, 0) is 125 Å². The molecule has 230 valence electrons. The van der Waals surface area contributed by atoms with Gasteiger partial charge < -0.3 is 15.1 Å². The predicted octanol–water partition coefficient (Wildman–Crippen LogP) is 7.15. The number of carbonyl (C=O) groups is 2. The van der Waals surface area contributed by atoms with Gasteiger partial charge in [-0.1, -0.05) is 54.6 Å². The molecule has 1 N–H and O–H groups in total. The largest absolute Gasteiger partial charge is 0.351 e. The van der Waals surface area contributed by atoms with Crippen molar-refractivity contribution in [3.05, 3.63) is 71.8 Å². The van der Waals surface area contributed by atoms with Crippen molar-refractivity contribution in [1.82, 2.24) is 10.2 Å². The Kier molecular flexibility index (Phi) is 9.03. The van der Waals surface area contributed by atoms with Crippen molar-refractivity contribution in [2.24, 2.45) is 17.8 Å². The lowest BCUT2D eigenvalue weighted by atomic mass is 9.53. The van der Waals surface area contributed by atoms with Gasteiger partial charge in [0.05, 0.1) is 0 Å². The summed E-state index contributed by atoms with van der Waals surface area (Å²) in [5.41, 5.74) is 4.11. The van der Waals surface area contributed by atoms with Gasteiger partial charge in [-0.25, -0.2) is 0 Å². The van der Waals surface area contributed by atoms with E-state index in [0.717, 1.165) is 62.3 Å². The Morgan fingerprint density at radius 1 is 0.837 bits per heavy atom. The van der Waals surface area contributed by atoms with E-state index in [0.29, 0.717) is 25.8 Å². The molecule has 0 radical (unpaired) electrons. The van der Waals surface area contributed by atoms with Gasteiger partial charge in [0.15, 0.2) is 0 Å². The molecule has 1 saturated heterocycles. The summed E-state index contributed by atoms with van der Waals surface area (Å²) in [4.78, 5) is 31.0. The maximum atomic E-state index is 13.5. The molecule has 0 aromatic heterocycles. The summed E-state index contributed by atoms with van der Waals surface area (Å²) in [5.74, 6) is 2.74. The number of amides is 2. The molecule has 6 aliphatic rings. The maximum absolute atomic E-state index is 13.5. The summed E-state index contributed by atoms with van der Waals surface area (Å²) < 4.78 is 0. The van der Waals surface area contributed by atoms with Crippen LogP contribution in [0.2, 0.25) is 0 Å². The van der Waals surface area contributed by atoms with Crippen LogP contribution in [0.15, 0.2) is 60.7 Å². The van der Waals surface area contributed by atoms with Crippen LogP contribution in [0.3, 0.4) is 0 Å². The van der Waals surface area contributed by atoms with E-state index in [1.54, 1.807) is 0 Å². The highest BCUT2D eigenvalue weighted by Crippen LogP contribution is 2.55. The maximum Gasteiger partial charge on any atom is 0.226 e. The Balaban J connectivity index is 0.00000329. The molecule has 43 heavy (non-hydrogen) atoms. The van der Waals surface area contributed by atoms with Crippen LogP contribution in [0.25, 0.3) is 6.08 Å². The molecular weight excluding hydrogens is 554 g/mol. The van der Waals surface area contributed by atoms with Crippen LogP contribution in [-0.4, -0.2) is 48.4 Å². The number of anilines is 1. The summed E-state index contributed by atoms with van der Waals surface area (Å²) in [5, 5.41) is 3.48. The van der Waals surface area contributed by atoms with Gasteiger partial charge in [0.1, 0.15) is 0 Å². The molecule has 0 atom stereocenters. The monoisotopic (exact) mass is 601 g/mol. The minimum Gasteiger partial charge on any atom is -0.351 e. The number of hydrogen-bond donors (Lipinski definition) is 1. The molecule has 8 rings (SSSR count). The first-order valence-corrected chi connectivity index (χ1v) is 16.7. The lowest BCUT2D eigenvalue weighted by Gasteiger charge is -2.56. The SMILES string of the molecule is Cl.O=C(CCCC(=O)N(CCCN1CCC2(C=Cc3ccccc32)CC1)c1ccccc1)NC12CC3CC(CC(C3)C1)C2. The summed E-state index contributed by atoms with van der Waals surface area (Å²) in [6, 6.07) is 18.9. The third kappa shape index (κ3) is 6.44. The fraction of sp³-hybridized carbons (Fsp3) is 0.568. The van der Waals surface area contributed by atoms with Crippen molar-refractivity contribution in [2.45, 2.75) is 88.0 Å². The lowest BCUT2D eigenvalue weighted by Crippen LogP contribution is -2.59. The number of halogens is 1. The molecule has 2 aromatic carbocycles. The highest BCUT2D eigenvalue weighted by molar-refractivity contribution is 5.93. The van der Waals surface area contributed by atoms with Gasteiger partial charge in [-0.15, -0.1) is 12.4 Å². The molecule has 5 fully saturated rings. The van der Waals surface area contributed by atoms with Gasteiger partial charge in [0.25, 0.3) is 0 Å². The molecule has 1 heterocycles. The van der Waals surface area contributed by atoms with Gasteiger partial charge >= 0.3 is 0 Å². The van der Waals surface area contributed by atoms with Crippen molar-refractivity contribution in [2.75, 3.05) is 31.1 Å². The number of rotatable bonds is 10. The van der Waals surface area contributed by atoms with Crippen LogP contribution in [-0.2, 0) is 15.0 Å². The minimum atomic E-state index is 0. The predicted molar refractivity (Wildman–Crippen MR) is 176 cm³/mol. The quantitative estimate of drug-likeness (QED) is 0.315. The summed E-state index contributed by atoms with van der Waals surface area (Å²) in [6.07, 6.45) is 17.2. The molecule has 4 bridgehead atoms. The van der Waals surface area contributed by atoms with Crippen LogP contribution < -0.4 is 10.2 Å². The third-order valence-electron chi connectivity index (χ3n) is 11.3. The van der Waals surface area contributed by atoms with E-state index in [4.69, 9.17) is 0 Å². The number of fused-ring (bicyclic) bond motifs is 2. The number of allylic oxidation sites excluding steroid dienone is 1. The first-order valence-electron chi connectivity index (χ1n) is 16.7. The first-order chi connectivity index (χ1) is 20.5. The second-order valence-corrected chi connectivity index (χ2v) is 14.3.